The van der Waals surface area contributed by atoms with Crippen LogP contribution >= 0.6 is 0 Å². The Morgan fingerprint density at radius 2 is 1.95 bits per heavy atom. The first-order chi connectivity index (χ1) is 9.23. The Balaban J connectivity index is 3.33. The quantitative estimate of drug-likeness (QED) is 0.873. The van der Waals surface area contributed by atoms with Gasteiger partial charge < -0.3 is 5.11 Å². The summed E-state index contributed by atoms with van der Waals surface area (Å²) < 4.78 is 52.3. The number of carboxylic acid groups (broad SMARTS) is 1. The first kappa shape index (κ1) is 16.5. The Morgan fingerprint density at radius 1 is 1.35 bits per heavy atom. The fourth-order valence-electron chi connectivity index (χ4n) is 1.60. The summed E-state index contributed by atoms with van der Waals surface area (Å²) in [7, 11) is -2.93. The van der Waals surface area contributed by atoms with E-state index in [2.05, 4.69) is 0 Å². The van der Waals surface area contributed by atoms with Gasteiger partial charge in [0.1, 0.15) is 16.3 Å². The number of hydrogen-bond donors (Lipinski definition) is 1. The standard InChI is InChI=1S/C12H15F2NO4S/c1-3-4-7-15(2)20(18,19)9-6-5-8(13)10(11(9)14)12(16)17/h5-6H,3-4,7H2,1-2H3,(H,16,17). The Labute approximate surface area is 115 Å². The molecule has 0 heterocycles. The zero-order valence-corrected chi connectivity index (χ0v) is 11.9. The number of nitrogens with zero attached hydrogens (tertiary/aromatic N) is 1. The first-order valence-corrected chi connectivity index (χ1v) is 7.35. The van der Waals surface area contributed by atoms with Crippen molar-refractivity contribution in [2.24, 2.45) is 0 Å². The van der Waals surface area contributed by atoms with E-state index in [1.165, 1.54) is 7.05 Å². The van der Waals surface area contributed by atoms with Gasteiger partial charge in [-0.15, -0.1) is 0 Å². The molecule has 0 saturated carbocycles. The molecule has 0 fully saturated rings. The molecule has 8 heteroatoms. The molecule has 0 aliphatic heterocycles. The molecule has 20 heavy (non-hydrogen) atoms. The summed E-state index contributed by atoms with van der Waals surface area (Å²) in [4.78, 5) is 9.94. The average molecular weight is 307 g/mol. The van der Waals surface area contributed by atoms with Crippen molar-refractivity contribution in [1.29, 1.82) is 0 Å². The molecule has 1 aromatic carbocycles. The number of sulfonamides is 1. The van der Waals surface area contributed by atoms with Gasteiger partial charge in [0.25, 0.3) is 0 Å². The molecule has 1 rings (SSSR count). The second-order valence-electron chi connectivity index (χ2n) is 4.22. The van der Waals surface area contributed by atoms with Gasteiger partial charge in [0.15, 0.2) is 5.82 Å². The smallest absolute Gasteiger partial charge is 0.341 e. The molecule has 0 unspecified atom stereocenters. The molecule has 112 valence electrons. The van der Waals surface area contributed by atoms with Crippen LogP contribution in [0.3, 0.4) is 0 Å². The Hall–Kier alpha value is -1.54. The number of aromatic carboxylic acids is 1. The highest BCUT2D eigenvalue weighted by molar-refractivity contribution is 7.89. The third-order valence-electron chi connectivity index (χ3n) is 2.78. The van der Waals surface area contributed by atoms with Crippen LogP contribution in [0.4, 0.5) is 8.78 Å². The zero-order valence-electron chi connectivity index (χ0n) is 11.1. The van der Waals surface area contributed by atoms with E-state index in [1.807, 2.05) is 6.92 Å². The van der Waals surface area contributed by atoms with E-state index in [0.29, 0.717) is 12.5 Å². The van der Waals surface area contributed by atoms with Crippen LogP contribution in [0.1, 0.15) is 30.1 Å². The highest BCUT2D eigenvalue weighted by Crippen LogP contribution is 2.23. The molecule has 0 saturated heterocycles. The topological polar surface area (TPSA) is 74.7 Å². The second-order valence-corrected chi connectivity index (χ2v) is 6.23. The van der Waals surface area contributed by atoms with Crippen molar-refractivity contribution in [2.75, 3.05) is 13.6 Å². The van der Waals surface area contributed by atoms with E-state index in [0.717, 1.165) is 16.8 Å². The summed E-state index contributed by atoms with van der Waals surface area (Å²) in [6, 6.07) is 1.36. The summed E-state index contributed by atoms with van der Waals surface area (Å²) in [5.74, 6) is -4.75. The number of hydrogen-bond acceptors (Lipinski definition) is 3. The van der Waals surface area contributed by atoms with Crippen LogP contribution in [0.2, 0.25) is 0 Å². The average Bonchev–Trinajstić information content (AvgIpc) is 2.34. The highest BCUT2D eigenvalue weighted by Gasteiger charge is 2.29. The molecule has 5 nitrogen and oxygen atoms in total. The minimum Gasteiger partial charge on any atom is -0.477 e. The summed E-state index contributed by atoms with van der Waals surface area (Å²) in [6.07, 6.45) is 1.32. The lowest BCUT2D eigenvalue weighted by atomic mass is 10.2. The highest BCUT2D eigenvalue weighted by atomic mass is 32.2. The normalized spacial score (nSPS) is 11.8. The van der Waals surface area contributed by atoms with Gasteiger partial charge >= 0.3 is 5.97 Å². The van der Waals surface area contributed by atoms with Crippen molar-refractivity contribution in [2.45, 2.75) is 24.7 Å². The van der Waals surface area contributed by atoms with Gasteiger partial charge in [-0.2, -0.15) is 0 Å². The fourth-order valence-corrected chi connectivity index (χ4v) is 2.87. The van der Waals surface area contributed by atoms with Crippen LogP contribution in [0, 0.1) is 11.6 Å². The molecule has 0 aliphatic rings. The van der Waals surface area contributed by atoms with Crippen LogP contribution in [0.5, 0.6) is 0 Å². The Bertz CT molecular complexity index is 616. The van der Waals surface area contributed by atoms with Crippen LogP contribution in [-0.4, -0.2) is 37.4 Å². The lowest BCUT2D eigenvalue weighted by Gasteiger charge is -2.17. The number of halogens is 2. The van der Waals surface area contributed by atoms with Gasteiger partial charge in [0.2, 0.25) is 10.0 Å². The molecular weight excluding hydrogens is 292 g/mol. The fraction of sp³-hybridized carbons (Fsp3) is 0.417. The van der Waals surface area contributed by atoms with Crippen molar-refractivity contribution < 1.29 is 27.1 Å². The number of benzene rings is 1. The van der Waals surface area contributed by atoms with Crippen molar-refractivity contribution in [3.05, 3.63) is 29.3 Å². The monoisotopic (exact) mass is 307 g/mol. The maximum absolute atomic E-state index is 13.9. The molecule has 1 aromatic rings. The minimum atomic E-state index is -4.19. The summed E-state index contributed by atoms with van der Waals surface area (Å²) >= 11 is 0. The molecule has 0 aliphatic carbocycles. The Morgan fingerprint density at radius 3 is 2.45 bits per heavy atom. The van der Waals surface area contributed by atoms with Gasteiger partial charge in [-0.3, -0.25) is 0 Å². The summed E-state index contributed by atoms with van der Waals surface area (Å²) in [5, 5.41) is 8.73. The minimum absolute atomic E-state index is 0.165. The molecule has 1 N–H and O–H groups in total. The van der Waals surface area contributed by atoms with Crippen LogP contribution in [-0.2, 0) is 10.0 Å². The van der Waals surface area contributed by atoms with Gasteiger partial charge in [-0.25, -0.2) is 26.3 Å². The molecule has 0 spiro atoms. The van der Waals surface area contributed by atoms with Gasteiger partial charge in [-0.1, -0.05) is 13.3 Å². The molecule has 0 amide bonds. The lowest BCUT2D eigenvalue weighted by molar-refractivity contribution is 0.0685. The van der Waals surface area contributed by atoms with E-state index in [-0.39, 0.29) is 6.54 Å². The van der Waals surface area contributed by atoms with Crippen molar-refractivity contribution in [1.82, 2.24) is 4.31 Å². The molecule has 0 bridgehead atoms. The zero-order chi connectivity index (χ0) is 15.5. The molecule has 0 radical (unpaired) electrons. The van der Waals surface area contributed by atoms with Crippen molar-refractivity contribution >= 4 is 16.0 Å². The molecule has 0 atom stereocenters. The predicted octanol–water partition coefficient (Wildman–Crippen LogP) is 2.08. The van der Waals surface area contributed by atoms with E-state index < -0.39 is 38.1 Å². The maximum atomic E-state index is 13.9. The van der Waals surface area contributed by atoms with E-state index >= 15 is 0 Å². The van der Waals surface area contributed by atoms with Crippen molar-refractivity contribution in [3.8, 4) is 0 Å². The number of carboxylic acids is 1. The van der Waals surface area contributed by atoms with Crippen LogP contribution in [0.25, 0.3) is 0 Å². The number of rotatable bonds is 6. The van der Waals surface area contributed by atoms with E-state index in [9.17, 15) is 22.0 Å². The molecular formula is C12H15F2NO4S. The van der Waals surface area contributed by atoms with Crippen molar-refractivity contribution in [3.63, 3.8) is 0 Å². The van der Waals surface area contributed by atoms with Crippen LogP contribution in [0.15, 0.2) is 17.0 Å². The second kappa shape index (κ2) is 6.27. The maximum Gasteiger partial charge on any atom is 0.341 e. The van der Waals surface area contributed by atoms with E-state index in [1.54, 1.807) is 0 Å². The third kappa shape index (κ3) is 3.13. The third-order valence-corrected chi connectivity index (χ3v) is 4.66. The molecule has 0 aromatic heterocycles. The van der Waals surface area contributed by atoms with Gasteiger partial charge in [-0.05, 0) is 18.6 Å². The number of carbonyl (C=O) groups is 1. The summed E-state index contributed by atoms with van der Waals surface area (Å²) in [6.45, 7) is 2.03. The SMILES string of the molecule is CCCCN(C)S(=O)(=O)c1ccc(F)c(C(=O)O)c1F. The van der Waals surface area contributed by atoms with Gasteiger partial charge in [0, 0.05) is 13.6 Å². The lowest BCUT2D eigenvalue weighted by Crippen LogP contribution is -2.29. The van der Waals surface area contributed by atoms with Gasteiger partial charge in [0.05, 0.1) is 0 Å². The van der Waals surface area contributed by atoms with Crippen LogP contribution < -0.4 is 0 Å². The first-order valence-electron chi connectivity index (χ1n) is 5.91. The largest absolute Gasteiger partial charge is 0.477 e. The predicted molar refractivity (Wildman–Crippen MR) is 68.0 cm³/mol. The summed E-state index contributed by atoms with van der Waals surface area (Å²) in [5.41, 5.74) is -1.27. The number of unbranched alkanes of at least 4 members (excludes halogenated alkanes) is 1. The van der Waals surface area contributed by atoms with E-state index in [4.69, 9.17) is 5.11 Å². The Kier molecular flexibility index (Phi) is 5.18.